The van der Waals surface area contributed by atoms with Crippen LogP contribution in [0.15, 0.2) is 22.0 Å². The van der Waals surface area contributed by atoms with Crippen LogP contribution in [0.25, 0.3) is 5.69 Å². The summed E-state index contributed by atoms with van der Waals surface area (Å²) in [5.74, 6) is -0.817. The first-order valence-corrected chi connectivity index (χ1v) is 8.87. The molecule has 0 radical (unpaired) electrons. The number of rotatable bonds is 4. The van der Waals surface area contributed by atoms with Crippen LogP contribution >= 0.6 is 23.2 Å². The largest absolute Gasteiger partial charge is 0.604 e. The van der Waals surface area contributed by atoms with Gasteiger partial charge >= 0.3 is 11.7 Å². The van der Waals surface area contributed by atoms with E-state index in [1.807, 2.05) is 0 Å². The van der Waals surface area contributed by atoms with Gasteiger partial charge < -0.3 is 9.29 Å². The molecule has 6 nitrogen and oxygen atoms in total. The number of aliphatic imine (C=N–C) groups is 1. The maximum absolute atomic E-state index is 13.0. The monoisotopic (exact) mass is 478 g/mol. The van der Waals surface area contributed by atoms with E-state index < -0.39 is 60.6 Å². The van der Waals surface area contributed by atoms with Gasteiger partial charge in [0.25, 0.3) is 0 Å². The second-order valence-electron chi connectivity index (χ2n) is 5.00. The van der Waals surface area contributed by atoms with Gasteiger partial charge in [0.2, 0.25) is 16.4 Å². The molecule has 2 rings (SSSR count). The summed E-state index contributed by atoms with van der Waals surface area (Å²) >= 11 is 7.94. The van der Waals surface area contributed by atoms with Crippen LogP contribution in [0, 0.1) is 11.3 Å². The van der Waals surface area contributed by atoms with Crippen LogP contribution in [0.4, 0.5) is 32.2 Å². The van der Waals surface area contributed by atoms with Gasteiger partial charge in [0.05, 0.1) is 22.7 Å². The van der Waals surface area contributed by atoms with Crippen molar-refractivity contribution in [3.05, 3.63) is 33.4 Å². The van der Waals surface area contributed by atoms with Crippen LogP contribution in [0.5, 0.6) is 0 Å². The first-order valence-electron chi connectivity index (χ1n) is 6.96. The third-order valence-electron chi connectivity index (χ3n) is 3.16. The highest BCUT2D eigenvalue weighted by Crippen LogP contribution is 2.42. The van der Waals surface area contributed by atoms with Crippen molar-refractivity contribution >= 4 is 46.6 Å². The zero-order valence-electron chi connectivity index (χ0n) is 13.8. The Morgan fingerprint density at radius 1 is 1.24 bits per heavy atom. The molecule has 1 aromatic carbocycles. The number of hydrogen-bond acceptors (Lipinski definition) is 5. The lowest BCUT2D eigenvalue weighted by Crippen LogP contribution is -2.23. The Morgan fingerprint density at radius 3 is 2.21 bits per heavy atom. The molecule has 1 unspecified atom stereocenters. The number of benzene rings is 1. The van der Waals surface area contributed by atoms with Gasteiger partial charge in [-0.15, -0.1) is 18.3 Å². The summed E-state index contributed by atoms with van der Waals surface area (Å²) in [6.45, 7) is 0. The molecule has 29 heavy (non-hydrogen) atoms. The van der Waals surface area contributed by atoms with Gasteiger partial charge in [0.15, 0.2) is 6.40 Å². The van der Waals surface area contributed by atoms with E-state index >= 15 is 0 Å². The molecule has 1 aromatic heterocycles. The van der Waals surface area contributed by atoms with Gasteiger partial charge in [-0.3, -0.25) is 0 Å². The first kappa shape index (κ1) is 23.1. The van der Waals surface area contributed by atoms with Crippen LogP contribution in [0.1, 0.15) is 11.3 Å². The number of ether oxygens (including phenoxy) is 1. The molecule has 0 saturated heterocycles. The second kappa shape index (κ2) is 8.31. The summed E-state index contributed by atoms with van der Waals surface area (Å²) in [6.07, 6.45) is -4.18. The smallest absolute Gasteiger partial charge is 0.578 e. The molecule has 0 aliphatic carbocycles. The van der Waals surface area contributed by atoms with E-state index in [-0.39, 0.29) is 0 Å². The Balaban J connectivity index is 2.86. The Bertz CT molecular complexity index is 977. The van der Waals surface area contributed by atoms with E-state index in [1.54, 1.807) is 0 Å². The Hall–Kier alpha value is -2.14. The summed E-state index contributed by atoms with van der Waals surface area (Å²) in [5, 5.41) is 11.3. The maximum Gasteiger partial charge on any atom is 0.578 e. The summed E-state index contributed by atoms with van der Waals surface area (Å²) in [7, 11) is 1.09. The Morgan fingerprint density at radius 2 is 1.79 bits per heavy atom. The number of methoxy groups -OCH3 is 1. The van der Waals surface area contributed by atoms with E-state index in [9.17, 15) is 30.9 Å². The molecule has 0 saturated carbocycles. The van der Waals surface area contributed by atoms with Crippen molar-refractivity contribution in [2.45, 2.75) is 16.6 Å². The summed E-state index contributed by atoms with van der Waals surface area (Å²) in [5.41, 5.74) is -7.97. The van der Waals surface area contributed by atoms with Crippen molar-refractivity contribution in [3.8, 4) is 11.8 Å². The fraction of sp³-hybridized carbons (Fsp3) is 0.214. The average Bonchev–Trinajstić information content (AvgIpc) is 2.94. The minimum atomic E-state index is -5.29. The highest BCUT2D eigenvalue weighted by atomic mass is 35.5. The van der Waals surface area contributed by atoms with Crippen molar-refractivity contribution in [1.82, 2.24) is 9.78 Å². The molecule has 0 N–H and O–H groups in total. The van der Waals surface area contributed by atoms with E-state index in [0.717, 1.165) is 7.11 Å². The van der Waals surface area contributed by atoms with E-state index in [1.165, 1.54) is 6.07 Å². The van der Waals surface area contributed by atoms with Crippen LogP contribution in [0.2, 0.25) is 10.0 Å². The molecule has 0 bridgehead atoms. The fourth-order valence-electron chi connectivity index (χ4n) is 2.06. The van der Waals surface area contributed by atoms with Crippen LogP contribution < -0.4 is 0 Å². The van der Waals surface area contributed by atoms with Crippen LogP contribution in [-0.2, 0) is 22.1 Å². The Labute approximate surface area is 171 Å². The van der Waals surface area contributed by atoms with Crippen LogP contribution in [-0.4, -0.2) is 33.4 Å². The van der Waals surface area contributed by atoms with Gasteiger partial charge in [-0.2, -0.15) is 23.4 Å². The zero-order valence-corrected chi connectivity index (χ0v) is 16.1. The minimum Gasteiger partial charge on any atom is -0.604 e. The summed E-state index contributed by atoms with van der Waals surface area (Å²) in [4.78, 5) is 2.39. The van der Waals surface area contributed by atoms with Gasteiger partial charge in [-0.1, -0.05) is 23.2 Å². The number of halogens is 8. The number of hydrogen-bond donors (Lipinski definition) is 0. The highest BCUT2D eigenvalue weighted by Gasteiger charge is 2.50. The average molecular weight is 479 g/mol. The number of alkyl halides is 6. The molecule has 156 valence electrons. The van der Waals surface area contributed by atoms with Gasteiger partial charge in [0.1, 0.15) is 22.9 Å². The van der Waals surface area contributed by atoms with Crippen molar-refractivity contribution < 1.29 is 35.6 Å². The molecule has 15 heteroatoms. The van der Waals surface area contributed by atoms with Gasteiger partial charge in [-0.25, -0.2) is 4.68 Å². The molecule has 0 spiro atoms. The molecule has 0 aliphatic rings. The molecule has 0 aliphatic heterocycles. The highest BCUT2D eigenvalue weighted by molar-refractivity contribution is 7.92. The molecular formula is C14H6Cl2F6N4O2S. The maximum atomic E-state index is 13.0. The standard InChI is InChI=1S/C14H6Cl2F6N4O2S/c1-28-5-24-12-11(29(27)14(20,21)22)9(4-23)25-26(12)10-7(15)2-6(3-8(10)16)13(17,18)19/h2-3,5H,1H3/b24-5+. The predicted octanol–water partition coefficient (Wildman–Crippen LogP) is 5.00. The lowest BCUT2D eigenvalue weighted by molar-refractivity contribution is -0.137. The lowest BCUT2D eigenvalue weighted by Gasteiger charge is -2.14. The number of nitrogens with zero attached hydrogens (tertiary/aromatic N) is 4. The summed E-state index contributed by atoms with van der Waals surface area (Å²) < 4.78 is 94.6. The number of nitriles is 1. The SMILES string of the molecule is CO/C=N/c1c([S+]([O-])C(F)(F)F)c(C#N)nn1-c1c(Cl)cc(C(F)(F)F)cc1Cl. The predicted molar refractivity (Wildman–Crippen MR) is 90.9 cm³/mol. The zero-order chi connectivity index (χ0) is 22.1. The fourth-order valence-corrected chi connectivity index (χ4v) is 3.50. The lowest BCUT2D eigenvalue weighted by atomic mass is 10.2. The van der Waals surface area contributed by atoms with Gasteiger partial charge in [-0.05, 0) is 12.1 Å². The number of aromatic nitrogens is 2. The normalized spacial score (nSPS) is 13.6. The molecule has 1 atom stereocenters. The molecular weight excluding hydrogens is 473 g/mol. The molecule has 0 amide bonds. The van der Waals surface area contributed by atoms with Crippen molar-refractivity contribution in [1.29, 1.82) is 5.26 Å². The minimum absolute atomic E-state index is 0.459. The van der Waals surface area contributed by atoms with Crippen LogP contribution in [0.3, 0.4) is 0 Å². The molecule has 1 heterocycles. The molecule has 2 aromatic rings. The van der Waals surface area contributed by atoms with E-state index in [4.69, 9.17) is 28.5 Å². The van der Waals surface area contributed by atoms with Crippen molar-refractivity contribution in [2.75, 3.05) is 7.11 Å². The summed E-state index contributed by atoms with van der Waals surface area (Å²) in [6, 6.07) is 2.24. The first-order chi connectivity index (χ1) is 13.3. The topological polar surface area (TPSA) is 86.3 Å². The Kier molecular flexibility index (Phi) is 6.63. The van der Waals surface area contributed by atoms with E-state index in [2.05, 4.69) is 14.8 Å². The third-order valence-corrected chi connectivity index (χ3v) is 4.90. The van der Waals surface area contributed by atoms with Crippen molar-refractivity contribution in [3.63, 3.8) is 0 Å². The van der Waals surface area contributed by atoms with Crippen molar-refractivity contribution in [2.24, 2.45) is 4.99 Å². The third kappa shape index (κ3) is 4.72. The quantitative estimate of drug-likeness (QED) is 0.267. The molecule has 0 fully saturated rings. The second-order valence-corrected chi connectivity index (χ2v) is 7.22. The van der Waals surface area contributed by atoms with E-state index in [0.29, 0.717) is 23.2 Å². The van der Waals surface area contributed by atoms with Gasteiger partial charge in [0, 0.05) is 0 Å².